The van der Waals surface area contributed by atoms with Crippen molar-refractivity contribution in [3.05, 3.63) is 0 Å². The number of carbonyl (C=O) groups excluding carboxylic acids is 1. The molecule has 0 bridgehead atoms. The van der Waals surface area contributed by atoms with E-state index in [-0.39, 0.29) is 11.9 Å². The molecule has 1 saturated carbocycles. The fourth-order valence-electron chi connectivity index (χ4n) is 2.68. The van der Waals surface area contributed by atoms with Gasteiger partial charge in [-0.2, -0.15) is 0 Å². The third-order valence-electron chi connectivity index (χ3n) is 3.92. The normalized spacial score (nSPS) is 26.9. The first kappa shape index (κ1) is 14.5. The van der Waals surface area contributed by atoms with E-state index in [2.05, 4.69) is 20.8 Å². The van der Waals surface area contributed by atoms with Crippen LogP contribution in [0, 0.1) is 11.8 Å². The number of hydrogen-bond acceptors (Lipinski definition) is 2. The number of rotatable bonds is 4. The molecule has 100 valence electrons. The van der Waals surface area contributed by atoms with Crippen molar-refractivity contribution >= 4 is 5.91 Å². The van der Waals surface area contributed by atoms with Crippen molar-refractivity contribution in [1.29, 1.82) is 0 Å². The molecule has 1 aliphatic carbocycles. The lowest BCUT2D eigenvalue weighted by atomic mass is 9.86. The van der Waals surface area contributed by atoms with Gasteiger partial charge < -0.3 is 10.6 Å². The van der Waals surface area contributed by atoms with Gasteiger partial charge in [-0.25, -0.2) is 0 Å². The molecule has 0 saturated heterocycles. The average molecular weight is 240 g/mol. The molecule has 17 heavy (non-hydrogen) atoms. The molecule has 0 aromatic heterocycles. The van der Waals surface area contributed by atoms with Crippen LogP contribution in [-0.2, 0) is 4.79 Å². The summed E-state index contributed by atoms with van der Waals surface area (Å²) in [6.45, 7) is 6.51. The Bertz CT molecular complexity index is 245. The summed E-state index contributed by atoms with van der Waals surface area (Å²) in [6, 6.07) is 0.0938. The van der Waals surface area contributed by atoms with Crippen LogP contribution >= 0.6 is 0 Å². The van der Waals surface area contributed by atoms with Crippen molar-refractivity contribution in [2.45, 2.75) is 65.0 Å². The fourth-order valence-corrected chi connectivity index (χ4v) is 2.68. The maximum atomic E-state index is 12.2. The summed E-state index contributed by atoms with van der Waals surface area (Å²) in [5.74, 6) is 1.42. The van der Waals surface area contributed by atoms with Gasteiger partial charge in [0.2, 0.25) is 5.91 Å². The second-order valence-corrected chi connectivity index (χ2v) is 6.10. The van der Waals surface area contributed by atoms with Crippen molar-refractivity contribution in [3.63, 3.8) is 0 Å². The van der Waals surface area contributed by atoms with E-state index < -0.39 is 0 Å². The lowest BCUT2D eigenvalue weighted by molar-refractivity contribution is -0.134. The molecule has 0 aliphatic heterocycles. The Hall–Kier alpha value is -0.570. The largest absolute Gasteiger partial charge is 0.341 e. The van der Waals surface area contributed by atoms with E-state index in [0.717, 1.165) is 25.2 Å². The van der Waals surface area contributed by atoms with Crippen LogP contribution in [0.4, 0.5) is 0 Å². The zero-order valence-electron chi connectivity index (χ0n) is 11.8. The summed E-state index contributed by atoms with van der Waals surface area (Å²) in [6.07, 6.45) is 5.53. The predicted octanol–water partition coefficient (Wildman–Crippen LogP) is 2.40. The molecule has 2 N–H and O–H groups in total. The Balaban J connectivity index is 2.45. The Morgan fingerprint density at radius 3 is 2.29 bits per heavy atom. The fraction of sp³-hybridized carbons (Fsp3) is 0.929. The van der Waals surface area contributed by atoms with Gasteiger partial charge in [0.15, 0.2) is 0 Å². The smallest absolute Gasteiger partial charge is 0.239 e. The van der Waals surface area contributed by atoms with Crippen molar-refractivity contribution in [2.24, 2.45) is 17.6 Å². The predicted molar refractivity (Wildman–Crippen MR) is 71.6 cm³/mol. The van der Waals surface area contributed by atoms with Gasteiger partial charge >= 0.3 is 0 Å². The minimum atomic E-state index is -0.320. The number of hydrogen-bond donors (Lipinski definition) is 1. The Kier molecular flexibility index (Phi) is 5.44. The molecule has 1 atom stereocenters. The Morgan fingerprint density at radius 1 is 1.29 bits per heavy atom. The summed E-state index contributed by atoms with van der Waals surface area (Å²) in [7, 11) is 1.92. The standard InChI is InChI=1S/C14H28N2O/c1-10(2)9-13(15)14(17)16(4)12-7-5-11(3)6-8-12/h10-13H,5-9,15H2,1-4H3. The zero-order valence-corrected chi connectivity index (χ0v) is 11.8. The molecular formula is C14H28N2O. The van der Waals surface area contributed by atoms with Gasteiger partial charge in [-0.3, -0.25) is 4.79 Å². The van der Waals surface area contributed by atoms with Gasteiger partial charge in [-0.1, -0.05) is 20.8 Å². The number of amides is 1. The molecule has 0 heterocycles. The molecular weight excluding hydrogens is 212 g/mol. The molecule has 1 unspecified atom stereocenters. The van der Waals surface area contributed by atoms with E-state index in [9.17, 15) is 4.79 Å². The topological polar surface area (TPSA) is 46.3 Å². The molecule has 3 nitrogen and oxygen atoms in total. The van der Waals surface area contributed by atoms with Crippen LogP contribution < -0.4 is 5.73 Å². The Morgan fingerprint density at radius 2 is 1.82 bits per heavy atom. The molecule has 1 amide bonds. The van der Waals surface area contributed by atoms with E-state index in [1.807, 2.05) is 11.9 Å². The van der Waals surface area contributed by atoms with E-state index in [0.29, 0.717) is 12.0 Å². The van der Waals surface area contributed by atoms with Gasteiger partial charge in [0.1, 0.15) is 0 Å². The van der Waals surface area contributed by atoms with Crippen LogP contribution in [0.15, 0.2) is 0 Å². The van der Waals surface area contributed by atoms with E-state index in [4.69, 9.17) is 5.73 Å². The molecule has 1 rings (SSSR count). The zero-order chi connectivity index (χ0) is 13.0. The first-order valence-corrected chi connectivity index (χ1v) is 6.94. The maximum Gasteiger partial charge on any atom is 0.239 e. The van der Waals surface area contributed by atoms with Gasteiger partial charge in [0.05, 0.1) is 6.04 Å². The summed E-state index contributed by atoms with van der Waals surface area (Å²) in [5, 5.41) is 0. The summed E-state index contributed by atoms with van der Waals surface area (Å²) >= 11 is 0. The second-order valence-electron chi connectivity index (χ2n) is 6.10. The average Bonchev–Trinajstić information content (AvgIpc) is 2.27. The van der Waals surface area contributed by atoms with Crippen molar-refractivity contribution in [3.8, 4) is 0 Å². The molecule has 0 spiro atoms. The Labute approximate surface area is 106 Å². The number of nitrogens with zero attached hydrogens (tertiary/aromatic N) is 1. The van der Waals surface area contributed by atoms with Crippen LogP contribution in [-0.4, -0.2) is 29.9 Å². The van der Waals surface area contributed by atoms with Gasteiger partial charge in [-0.05, 0) is 43.9 Å². The van der Waals surface area contributed by atoms with E-state index in [1.54, 1.807) is 0 Å². The lowest BCUT2D eigenvalue weighted by Crippen LogP contribution is -2.47. The summed E-state index contributed by atoms with van der Waals surface area (Å²) in [4.78, 5) is 14.1. The van der Waals surface area contributed by atoms with Gasteiger partial charge in [0.25, 0.3) is 0 Å². The first-order chi connectivity index (χ1) is 7.91. The molecule has 3 heteroatoms. The van der Waals surface area contributed by atoms with Crippen molar-refractivity contribution in [2.75, 3.05) is 7.05 Å². The second kappa shape index (κ2) is 6.39. The highest BCUT2D eigenvalue weighted by atomic mass is 16.2. The lowest BCUT2D eigenvalue weighted by Gasteiger charge is -2.35. The highest BCUT2D eigenvalue weighted by Gasteiger charge is 2.27. The molecule has 1 fully saturated rings. The minimum absolute atomic E-state index is 0.123. The molecule has 1 aliphatic rings. The van der Waals surface area contributed by atoms with E-state index >= 15 is 0 Å². The van der Waals surface area contributed by atoms with Crippen LogP contribution in [0.2, 0.25) is 0 Å². The SMILES string of the molecule is CC(C)CC(N)C(=O)N(C)C1CCC(C)CC1. The third kappa shape index (κ3) is 4.30. The van der Waals surface area contributed by atoms with Crippen molar-refractivity contribution < 1.29 is 4.79 Å². The van der Waals surface area contributed by atoms with Crippen LogP contribution in [0.25, 0.3) is 0 Å². The van der Waals surface area contributed by atoms with Crippen LogP contribution in [0.5, 0.6) is 0 Å². The third-order valence-corrected chi connectivity index (χ3v) is 3.92. The highest BCUT2D eigenvalue weighted by molar-refractivity contribution is 5.81. The molecule has 0 radical (unpaired) electrons. The summed E-state index contributed by atoms with van der Waals surface area (Å²) < 4.78 is 0. The molecule has 0 aromatic carbocycles. The molecule has 0 aromatic rings. The summed E-state index contributed by atoms with van der Waals surface area (Å²) in [5.41, 5.74) is 5.96. The minimum Gasteiger partial charge on any atom is -0.341 e. The van der Waals surface area contributed by atoms with Gasteiger partial charge in [-0.15, -0.1) is 0 Å². The number of nitrogens with two attached hydrogens (primary N) is 1. The quantitative estimate of drug-likeness (QED) is 0.820. The van der Waals surface area contributed by atoms with Crippen LogP contribution in [0.3, 0.4) is 0 Å². The number of likely N-dealkylation sites (N-methyl/N-ethyl adjacent to an activating group) is 1. The maximum absolute atomic E-state index is 12.2. The first-order valence-electron chi connectivity index (χ1n) is 6.94. The van der Waals surface area contributed by atoms with Crippen molar-refractivity contribution in [1.82, 2.24) is 4.90 Å². The number of carbonyl (C=O) groups is 1. The van der Waals surface area contributed by atoms with Gasteiger partial charge in [0, 0.05) is 13.1 Å². The van der Waals surface area contributed by atoms with Crippen LogP contribution in [0.1, 0.15) is 52.9 Å². The highest BCUT2D eigenvalue weighted by Crippen LogP contribution is 2.26. The van der Waals surface area contributed by atoms with E-state index in [1.165, 1.54) is 12.8 Å². The monoisotopic (exact) mass is 240 g/mol.